The quantitative estimate of drug-likeness (QED) is 0.751. The Labute approximate surface area is 138 Å². The summed E-state index contributed by atoms with van der Waals surface area (Å²) in [5.41, 5.74) is 1.27. The van der Waals surface area contributed by atoms with Crippen molar-refractivity contribution in [1.29, 1.82) is 0 Å². The van der Waals surface area contributed by atoms with Crippen LogP contribution in [0.4, 0.5) is 4.39 Å². The largest absolute Gasteiger partial charge is 0.308 e. The molecule has 0 radical (unpaired) electrons. The van der Waals surface area contributed by atoms with Crippen LogP contribution in [0.25, 0.3) is 0 Å². The summed E-state index contributed by atoms with van der Waals surface area (Å²) in [5.74, 6) is -0.204. The van der Waals surface area contributed by atoms with Gasteiger partial charge >= 0.3 is 0 Å². The third kappa shape index (κ3) is 5.46. The van der Waals surface area contributed by atoms with Crippen LogP contribution >= 0.6 is 27.7 Å². The highest BCUT2D eigenvalue weighted by atomic mass is 79.9. The minimum absolute atomic E-state index is 0.0634. The highest BCUT2D eigenvalue weighted by Crippen LogP contribution is 2.33. The maximum absolute atomic E-state index is 13.3. The van der Waals surface area contributed by atoms with Gasteiger partial charge in [0.2, 0.25) is 0 Å². The van der Waals surface area contributed by atoms with E-state index in [0.29, 0.717) is 0 Å². The van der Waals surface area contributed by atoms with Gasteiger partial charge in [0.25, 0.3) is 0 Å². The van der Waals surface area contributed by atoms with Gasteiger partial charge in [0.15, 0.2) is 0 Å². The molecule has 0 fully saturated rings. The summed E-state index contributed by atoms with van der Waals surface area (Å²) in [5, 5.41) is 3.49. The summed E-state index contributed by atoms with van der Waals surface area (Å²) < 4.78 is 14.3. The van der Waals surface area contributed by atoms with Crippen molar-refractivity contribution in [1.82, 2.24) is 5.32 Å². The van der Waals surface area contributed by atoms with E-state index in [0.717, 1.165) is 20.8 Å². The Balaban J connectivity index is 2.23. The number of benzene rings is 2. The monoisotopic (exact) mass is 367 g/mol. The Bertz CT molecular complexity index is 622. The molecule has 2 aromatic rings. The zero-order valence-electron chi connectivity index (χ0n) is 12.4. The van der Waals surface area contributed by atoms with Gasteiger partial charge in [-0.05, 0) is 56.7 Å². The predicted octanol–water partition coefficient (Wildman–Crippen LogP) is 5.63. The minimum atomic E-state index is -0.204. The molecule has 0 atom stereocenters. The number of rotatable bonds is 4. The van der Waals surface area contributed by atoms with Gasteiger partial charge in [-0.2, -0.15) is 0 Å². The molecule has 0 amide bonds. The summed E-state index contributed by atoms with van der Waals surface area (Å²) >= 11 is 5.09. The first-order valence-electron chi connectivity index (χ1n) is 6.80. The van der Waals surface area contributed by atoms with E-state index >= 15 is 0 Å². The van der Waals surface area contributed by atoms with Gasteiger partial charge in [-0.3, -0.25) is 0 Å². The van der Waals surface area contributed by atoms with Crippen LogP contribution in [0.1, 0.15) is 26.3 Å². The fourth-order valence-electron chi connectivity index (χ4n) is 1.79. The zero-order chi connectivity index (χ0) is 15.5. The molecule has 0 saturated heterocycles. The molecule has 0 aliphatic carbocycles. The molecule has 0 aliphatic heterocycles. The van der Waals surface area contributed by atoms with Gasteiger partial charge in [0, 0.05) is 26.3 Å². The summed E-state index contributed by atoms with van der Waals surface area (Å²) in [6.45, 7) is 7.22. The number of nitrogens with one attached hydrogen (secondary N) is 1. The normalized spacial score (nSPS) is 11.7. The Hall–Kier alpha value is -0.840. The second kappa shape index (κ2) is 6.95. The second-order valence-electron chi connectivity index (χ2n) is 5.92. The van der Waals surface area contributed by atoms with Crippen LogP contribution in [-0.2, 0) is 6.54 Å². The van der Waals surface area contributed by atoms with Gasteiger partial charge in [-0.1, -0.05) is 39.8 Å². The van der Waals surface area contributed by atoms with Crippen LogP contribution in [0.15, 0.2) is 56.7 Å². The van der Waals surface area contributed by atoms with E-state index in [-0.39, 0.29) is 11.4 Å². The van der Waals surface area contributed by atoms with Crippen LogP contribution in [0.2, 0.25) is 0 Å². The molecule has 0 heterocycles. The van der Waals surface area contributed by atoms with Crippen molar-refractivity contribution in [3.63, 3.8) is 0 Å². The number of halogens is 2. The van der Waals surface area contributed by atoms with E-state index < -0.39 is 0 Å². The highest BCUT2D eigenvalue weighted by molar-refractivity contribution is 9.10. The van der Waals surface area contributed by atoms with Gasteiger partial charge in [0.05, 0.1) is 0 Å². The van der Waals surface area contributed by atoms with E-state index in [2.05, 4.69) is 54.2 Å². The Morgan fingerprint density at radius 1 is 1.14 bits per heavy atom. The summed E-state index contributed by atoms with van der Waals surface area (Å²) in [4.78, 5) is 2.04. The first kappa shape index (κ1) is 16.5. The van der Waals surface area contributed by atoms with Crippen LogP contribution in [0.5, 0.6) is 0 Å². The SMILES string of the molecule is CC(C)(C)NCc1ccc(Br)cc1Sc1cccc(F)c1. The zero-order valence-corrected chi connectivity index (χ0v) is 14.8. The Morgan fingerprint density at radius 2 is 1.90 bits per heavy atom. The van der Waals surface area contributed by atoms with Gasteiger partial charge in [-0.25, -0.2) is 4.39 Å². The van der Waals surface area contributed by atoms with Crippen molar-refractivity contribution in [3.05, 3.63) is 58.3 Å². The van der Waals surface area contributed by atoms with Crippen molar-refractivity contribution >= 4 is 27.7 Å². The molecular weight excluding hydrogens is 349 g/mol. The second-order valence-corrected chi connectivity index (χ2v) is 7.95. The third-order valence-corrected chi connectivity index (χ3v) is 4.45. The maximum atomic E-state index is 13.3. The van der Waals surface area contributed by atoms with Crippen LogP contribution in [0.3, 0.4) is 0 Å². The summed E-state index contributed by atoms with van der Waals surface area (Å²) in [6, 6.07) is 12.9. The standard InChI is InChI=1S/C17H19BrFNS/c1-17(2,3)20-11-12-7-8-13(18)9-16(12)21-15-6-4-5-14(19)10-15/h4-10,20H,11H2,1-3H3. The molecule has 1 N–H and O–H groups in total. The van der Waals surface area contributed by atoms with Gasteiger partial charge < -0.3 is 5.32 Å². The van der Waals surface area contributed by atoms with Crippen LogP contribution in [0, 0.1) is 5.82 Å². The molecule has 112 valence electrons. The van der Waals surface area contributed by atoms with Crippen molar-refractivity contribution < 1.29 is 4.39 Å². The number of hydrogen-bond acceptors (Lipinski definition) is 2. The molecule has 4 heteroatoms. The molecular formula is C17H19BrFNS. The molecule has 2 aromatic carbocycles. The molecule has 21 heavy (non-hydrogen) atoms. The summed E-state index contributed by atoms with van der Waals surface area (Å²) in [7, 11) is 0. The fraction of sp³-hybridized carbons (Fsp3) is 0.294. The topological polar surface area (TPSA) is 12.0 Å². The van der Waals surface area contributed by atoms with Crippen molar-refractivity contribution in [2.24, 2.45) is 0 Å². The maximum Gasteiger partial charge on any atom is 0.124 e. The molecule has 0 spiro atoms. The van der Waals surface area contributed by atoms with E-state index in [1.165, 1.54) is 11.6 Å². The van der Waals surface area contributed by atoms with Crippen molar-refractivity contribution in [2.45, 2.75) is 42.6 Å². The molecule has 0 unspecified atom stereocenters. The highest BCUT2D eigenvalue weighted by Gasteiger charge is 2.11. The minimum Gasteiger partial charge on any atom is -0.308 e. The molecule has 0 saturated carbocycles. The van der Waals surface area contributed by atoms with Crippen LogP contribution in [-0.4, -0.2) is 5.54 Å². The Kier molecular flexibility index (Phi) is 5.47. The molecule has 0 bridgehead atoms. The van der Waals surface area contributed by atoms with Gasteiger partial charge in [0.1, 0.15) is 5.82 Å². The molecule has 2 rings (SSSR count). The fourth-order valence-corrected chi connectivity index (χ4v) is 3.33. The van der Waals surface area contributed by atoms with E-state index in [1.807, 2.05) is 12.1 Å². The molecule has 0 aliphatic rings. The van der Waals surface area contributed by atoms with Gasteiger partial charge in [-0.15, -0.1) is 0 Å². The van der Waals surface area contributed by atoms with Crippen molar-refractivity contribution in [3.8, 4) is 0 Å². The van der Waals surface area contributed by atoms with E-state index in [1.54, 1.807) is 23.9 Å². The average Bonchev–Trinajstić information content (AvgIpc) is 2.36. The lowest BCUT2D eigenvalue weighted by Gasteiger charge is -2.21. The average molecular weight is 368 g/mol. The lowest BCUT2D eigenvalue weighted by atomic mass is 10.1. The lowest BCUT2D eigenvalue weighted by Crippen LogP contribution is -2.35. The lowest BCUT2D eigenvalue weighted by molar-refractivity contribution is 0.422. The molecule has 0 aromatic heterocycles. The molecule has 1 nitrogen and oxygen atoms in total. The van der Waals surface area contributed by atoms with E-state index in [4.69, 9.17) is 0 Å². The first-order valence-corrected chi connectivity index (χ1v) is 8.41. The predicted molar refractivity (Wildman–Crippen MR) is 91.3 cm³/mol. The number of hydrogen-bond donors (Lipinski definition) is 1. The van der Waals surface area contributed by atoms with Crippen LogP contribution < -0.4 is 5.32 Å². The van der Waals surface area contributed by atoms with Crippen molar-refractivity contribution in [2.75, 3.05) is 0 Å². The smallest absolute Gasteiger partial charge is 0.124 e. The first-order chi connectivity index (χ1) is 9.83. The summed E-state index contributed by atoms with van der Waals surface area (Å²) in [6.07, 6.45) is 0. The third-order valence-electron chi connectivity index (χ3n) is 2.86. The van der Waals surface area contributed by atoms with E-state index in [9.17, 15) is 4.39 Å². The Morgan fingerprint density at radius 3 is 2.57 bits per heavy atom.